The van der Waals surface area contributed by atoms with Gasteiger partial charge in [0, 0.05) is 25.0 Å². The highest BCUT2D eigenvalue weighted by molar-refractivity contribution is 5.99. The molecule has 0 saturated carbocycles. The van der Waals surface area contributed by atoms with Crippen LogP contribution >= 0.6 is 0 Å². The van der Waals surface area contributed by atoms with E-state index >= 15 is 0 Å². The first-order valence-electron chi connectivity index (χ1n) is 7.75. The molecule has 2 amide bonds. The number of nitrogens with zero attached hydrogens (tertiary/aromatic N) is 1. The molecule has 0 bridgehead atoms. The molecule has 0 aromatic heterocycles. The number of anilines is 1. The zero-order chi connectivity index (χ0) is 16.9. The molecule has 1 unspecified atom stereocenters. The Morgan fingerprint density at radius 1 is 1.12 bits per heavy atom. The molecule has 1 aliphatic heterocycles. The molecule has 2 aromatic carbocycles. The molecule has 1 atom stereocenters. The van der Waals surface area contributed by atoms with Crippen molar-refractivity contribution in [3.63, 3.8) is 0 Å². The zero-order valence-electron chi connectivity index (χ0n) is 13.1. The standard InChI is InChI=1S/C19H18N2O3/c22-18(20-24)11-10-15-8-4-5-9-17(15)21-13-16(12-19(21)23)14-6-2-1-3-7-14/h1-11,16,24H,12-13H2,(H,20,22). The van der Waals surface area contributed by atoms with Gasteiger partial charge >= 0.3 is 0 Å². The highest BCUT2D eigenvalue weighted by atomic mass is 16.5. The number of carbonyl (C=O) groups excluding carboxylic acids is 2. The van der Waals surface area contributed by atoms with Gasteiger partial charge in [0.2, 0.25) is 5.91 Å². The van der Waals surface area contributed by atoms with Crippen LogP contribution in [0.1, 0.15) is 23.5 Å². The van der Waals surface area contributed by atoms with E-state index in [-0.39, 0.29) is 11.8 Å². The monoisotopic (exact) mass is 322 g/mol. The number of rotatable bonds is 4. The number of carbonyl (C=O) groups is 2. The fourth-order valence-electron chi connectivity index (χ4n) is 2.97. The van der Waals surface area contributed by atoms with E-state index in [2.05, 4.69) is 0 Å². The lowest BCUT2D eigenvalue weighted by Gasteiger charge is -2.19. The van der Waals surface area contributed by atoms with Gasteiger partial charge < -0.3 is 4.90 Å². The fourth-order valence-corrected chi connectivity index (χ4v) is 2.97. The van der Waals surface area contributed by atoms with Crippen molar-refractivity contribution >= 4 is 23.6 Å². The van der Waals surface area contributed by atoms with E-state index in [1.165, 1.54) is 6.08 Å². The summed E-state index contributed by atoms with van der Waals surface area (Å²) in [6.45, 7) is 0.611. The van der Waals surface area contributed by atoms with E-state index in [4.69, 9.17) is 5.21 Å². The van der Waals surface area contributed by atoms with Gasteiger partial charge in [-0.15, -0.1) is 0 Å². The number of hydrogen-bond acceptors (Lipinski definition) is 3. The second-order valence-electron chi connectivity index (χ2n) is 5.68. The van der Waals surface area contributed by atoms with Crippen molar-refractivity contribution in [2.45, 2.75) is 12.3 Å². The smallest absolute Gasteiger partial charge is 0.267 e. The SMILES string of the molecule is O=C(C=Cc1ccccc1N1CC(c2ccccc2)CC1=O)NO. The van der Waals surface area contributed by atoms with Crippen LogP contribution in [-0.2, 0) is 9.59 Å². The summed E-state index contributed by atoms with van der Waals surface area (Å²) < 4.78 is 0. The van der Waals surface area contributed by atoms with Gasteiger partial charge in [-0.3, -0.25) is 14.8 Å². The lowest BCUT2D eigenvalue weighted by Crippen LogP contribution is -2.25. The molecule has 5 nitrogen and oxygen atoms in total. The molecule has 3 rings (SSSR count). The Bertz CT molecular complexity index is 771. The molecule has 122 valence electrons. The lowest BCUT2D eigenvalue weighted by atomic mass is 9.98. The molecular weight excluding hydrogens is 304 g/mol. The minimum absolute atomic E-state index is 0.0660. The van der Waals surface area contributed by atoms with Crippen molar-refractivity contribution in [2.75, 3.05) is 11.4 Å². The van der Waals surface area contributed by atoms with Crippen LogP contribution in [0.15, 0.2) is 60.7 Å². The average Bonchev–Trinajstić information content (AvgIpc) is 3.02. The number of nitrogens with one attached hydrogen (secondary N) is 1. The van der Waals surface area contributed by atoms with Gasteiger partial charge in [-0.2, -0.15) is 0 Å². The van der Waals surface area contributed by atoms with Crippen LogP contribution in [0.5, 0.6) is 0 Å². The quantitative estimate of drug-likeness (QED) is 0.516. The molecule has 1 fully saturated rings. The van der Waals surface area contributed by atoms with Crippen molar-refractivity contribution in [2.24, 2.45) is 0 Å². The lowest BCUT2D eigenvalue weighted by molar-refractivity contribution is -0.124. The molecule has 1 saturated heterocycles. The Hall–Kier alpha value is -2.92. The van der Waals surface area contributed by atoms with Gasteiger partial charge in [0.15, 0.2) is 0 Å². The Balaban J connectivity index is 1.86. The molecule has 0 spiro atoms. The van der Waals surface area contributed by atoms with Crippen molar-refractivity contribution in [1.29, 1.82) is 0 Å². The summed E-state index contributed by atoms with van der Waals surface area (Å²) in [5.74, 6) is -0.382. The van der Waals surface area contributed by atoms with Crippen molar-refractivity contribution < 1.29 is 14.8 Å². The summed E-state index contributed by atoms with van der Waals surface area (Å²) in [7, 11) is 0. The van der Waals surface area contributed by atoms with Gasteiger partial charge in [0.25, 0.3) is 5.91 Å². The summed E-state index contributed by atoms with van der Waals surface area (Å²) in [6, 6.07) is 17.4. The molecule has 5 heteroatoms. The topological polar surface area (TPSA) is 69.6 Å². The van der Waals surface area contributed by atoms with Crippen LogP contribution in [0.2, 0.25) is 0 Å². The maximum atomic E-state index is 12.5. The third kappa shape index (κ3) is 3.36. The first-order chi connectivity index (χ1) is 11.7. The van der Waals surface area contributed by atoms with E-state index in [0.717, 1.165) is 16.8 Å². The van der Waals surface area contributed by atoms with Gasteiger partial charge in [-0.05, 0) is 23.3 Å². The Labute approximate surface area is 140 Å². The predicted molar refractivity (Wildman–Crippen MR) is 91.6 cm³/mol. The van der Waals surface area contributed by atoms with Gasteiger partial charge in [0.05, 0.1) is 5.69 Å². The van der Waals surface area contributed by atoms with Crippen molar-refractivity contribution in [1.82, 2.24) is 5.48 Å². The largest absolute Gasteiger partial charge is 0.311 e. The predicted octanol–water partition coefficient (Wildman–Crippen LogP) is 2.73. The zero-order valence-corrected chi connectivity index (χ0v) is 13.1. The van der Waals surface area contributed by atoms with Crippen LogP contribution in [0.25, 0.3) is 6.08 Å². The maximum absolute atomic E-state index is 12.5. The van der Waals surface area contributed by atoms with E-state index in [9.17, 15) is 9.59 Å². The molecule has 0 radical (unpaired) electrons. The number of hydrogen-bond donors (Lipinski definition) is 2. The van der Waals surface area contributed by atoms with Crippen LogP contribution in [0, 0.1) is 0 Å². The maximum Gasteiger partial charge on any atom is 0.267 e. The Morgan fingerprint density at radius 3 is 2.58 bits per heavy atom. The molecule has 2 aromatic rings. The van der Waals surface area contributed by atoms with Crippen molar-refractivity contribution in [3.8, 4) is 0 Å². The first-order valence-corrected chi connectivity index (χ1v) is 7.75. The third-order valence-electron chi connectivity index (χ3n) is 4.15. The van der Waals surface area contributed by atoms with Crippen LogP contribution in [0.4, 0.5) is 5.69 Å². The molecule has 0 aliphatic carbocycles. The van der Waals surface area contributed by atoms with Gasteiger partial charge in [0.1, 0.15) is 0 Å². The number of amides is 2. The van der Waals surface area contributed by atoms with Gasteiger partial charge in [-0.25, -0.2) is 5.48 Å². The Morgan fingerprint density at radius 2 is 1.83 bits per heavy atom. The normalized spacial score (nSPS) is 17.5. The van der Waals surface area contributed by atoms with E-state index < -0.39 is 5.91 Å². The number of hydroxylamine groups is 1. The number of benzene rings is 2. The summed E-state index contributed by atoms with van der Waals surface area (Å²) in [4.78, 5) is 25.4. The number of para-hydroxylation sites is 1. The summed E-state index contributed by atoms with van der Waals surface area (Å²) in [6.07, 6.45) is 3.29. The summed E-state index contributed by atoms with van der Waals surface area (Å²) in [5, 5.41) is 8.58. The average molecular weight is 322 g/mol. The van der Waals surface area contributed by atoms with Crippen LogP contribution in [0.3, 0.4) is 0 Å². The summed E-state index contributed by atoms with van der Waals surface area (Å²) in [5.41, 5.74) is 4.23. The van der Waals surface area contributed by atoms with E-state index in [1.54, 1.807) is 16.5 Å². The molecular formula is C19H18N2O3. The van der Waals surface area contributed by atoms with Crippen molar-refractivity contribution in [3.05, 3.63) is 71.8 Å². The van der Waals surface area contributed by atoms with Gasteiger partial charge in [-0.1, -0.05) is 48.5 Å². The second-order valence-corrected chi connectivity index (χ2v) is 5.68. The minimum atomic E-state index is -0.611. The first kappa shape index (κ1) is 16.0. The van der Waals surface area contributed by atoms with Crippen LogP contribution < -0.4 is 10.4 Å². The van der Waals surface area contributed by atoms with E-state index in [1.807, 2.05) is 54.6 Å². The minimum Gasteiger partial charge on any atom is -0.311 e. The van der Waals surface area contributed by atoms with Crippen LogP contribution in [-0.4, -0.2) is 23.6 Å². The molecule has 24 heavy (non-hydrogen) atoms. The molecule has 2 N–H and O–H groups in total. The second kappa shape index (κ2) is 7.10. The highest BCUT2D eigenvalue weighted by Crippen LogP contribution is 2.33. The fraction of sp³-hybridized carbons (Fsp3) is 0.158. The Kier molecular flexibility index (Phi) is 4.72. The third-order valence-corrected chi connectivity index (χ3v) is 4.15. The van der Waals surface area contributed by atoms with E-state index in [0.29, 0.717) is 13.0 Å². The molecule has 1 aliphatic rings. The molecule has 1 heterocycles. The summed E-state index contributed by atoms with van der Waals surface area (Å²) >= 11 is 0. The highest BCUT2D eigenvalue weighted by Gasteiger charge is 2.32.